The molecule has 6 nitrogen and oxygen atoms in total. The van der Waals surface area contributed by atoms with Crippen LogP contribution in [-0.4, -0.2) is 67.3 Å². The van der Waals surface area contributed by atoms with Gasteiger partial charge in [-0.25, -0.2) is 0 Å². The molecule has 1 atom stereocenters. The number of likely N-dealkylation sites (N-methyl/N-ethyl adjacent to an activating group) is 2. The molecule has 1 aliphatic rings. The average Bonchev–Trinajstić information content (AvgIpc) is 3.25. The minimum absolute atomic E-state index is 0.113. The molecule has 0 spiro atoms. The second-order valence-electron chi connectivity index (χ2n) is 5.65. The molecule has 0 aromatic rings. The van der Waals surface area contributed by atoms with E-state index < -0.39 is 11.9 Å². The van der Waals surface area contributed by atoms with Crippen molar-refractivity contribution < 1.29 is 19.1 Å². The highest BCUT2D eigenvalue weighted by atomic mass is 16.5. The van der Waals surface area contributed by atoms with Crippen LogP contribution in [0.3, 0.4) is 0 Å². The number of rotatable bonds is 9. The lowest BCUT2D eigenvalue weighted by molar-refractivity contribution is -0.154. The monoisotopic (exact) mass is 298 g/mol. The summed E-state index contributed by atoms with van der Waals surface area (Å²) in [5.74, 6) is -2.12. The fourth-order valence-electron chi connectivity index (χ4n) is 2.10. The van der Waals surface area contributed by atoms with Crippen LogP contribution in [-0.2, 0) is 19.1 Å². The predicted octanol–water partition coefficient (Wildman–Crippen LogP) is 0.697. The molecule has 0 heterocycles. The maximum absolute atomic E-state index is 12.1. The Balaban J connectivity index is 2.43. The van der Waals surface area contributed by atoms with Gasteiger partial charge in [0.2, 0.25) is 5.91 Å². The molecule has 1 saturated carbocycles. The van der Waals surface area contributed by atoms with Crippen molar-refractivity contribution in [3.63, 3.8) is 0 Å². The number of ketones is 1. The van der Waals surface area contributed by atoms with Gasteiger partial charge in [0.15, 0.2) is 0 Å². The molecule has 1 aliphatic carbocycles. The number of hydrogen-bond donors (Lipinski definition) is 0. The van der Waals surface area contributed by atoms with Crippen molar-refractivity contribution >= 4 is 17.7 Å². The summed E-state index contributed by atoms with van der Waals surface area (Å²) >= 11 is 0. The van der Waals surface area contributed by atoms with Crippen molar-refractivity contribution in [1.82, 2.24) is 9.80 Å². The Morgan fingerprint density at radius 1 is 1.19 bits per heavy atom. The van der Waals surface area contributed by atoms with Crippen molar-refractivity contribution in [2.45, 2.75) is 39.2 Å². The summed E-state index contributed by atoms with van der Waals surface area (Å²) in [6.45, 7) is 4.60. The van der Waals surface area contributed by atoms with Crippen LogP contribution in [0, 0.1) is 5.92 Å². The largest absolute Gasteiger partial charge is 0.465 e. The van der Waals surface area contributed by atoms with Crippen molar-refractivity contribution in [1.29, 1.82) is 0 Å². The SMILES string of the molecule is CCOC(=O)[C@H](CC(=O)N(C)CCN(C)C1CC1)C(C)=O. The Morgan fingerprint density at radius 3 is 2.29 bits per heavy atom. The Morgan fingerprint density at radius 2 is 1.81 bits per heavy atom. The van der Waals surface area contributed by atoms with E-state index in [-0.39, 0.29) is 24.7 Å². The smallest absolute Gasteiger partial charge is 0.316 e. The van der Waals surface area contributed by atoms with Crippen LogP contribution in [0.1, 0.15) is 33.1 Å². The molecule has 0 aromatic heterocycles. The summed E-state index contributed by atoms with van der Waals surface area (Å²) in [6, 6.07) is 0.651. The quantitative estimate of drug-likeness (QED) is 0.463. The molecule has 1 rings (SSSR count). The van der Waals surface area contributed by atoms with Crippen LogP contribution in [0.15, 0.2) is 0 Å². The Kier molecular flexibility index (Phi) is 6.81. The highest BCUT2D eigenvalue weighted by molar-refractivity contribution is 6.01. The fourth-order valence-corrected chi connectivity index (χ4v) is 2.10. The average molecular weight is 298 g/mol. The van der Waals surface area contributed by atoms with E-state index in [1.807, 2.05) is 7.05 Å². The van der Waals surface area contributed by atoms with E-state index in [0.717, 1.165) is 6.54 Å². The summed E-state index contributed by atoms with van der Waals surface area (Å²) in [6.07, 6.45) is 2.34. The normalized spacial score (nSPS) is 15.7. The first kappa shape index (κ1) is 17.6. The van der Waals surface area contributed by atoms with Gasteiger partial charge in [-0.3, -0.25) is 14.4 Å². The molecular weight excluding hydrogens is 272 g/mol. The summed E-state index contributed by atoms with van der Waals surface area (Å²) in [5, 5.41) is 0. The zero-order valence-corrected chi connectivity index (χ0v) is 13.4. The third-order valence-electron chi connectivity index (χ3n) is 3.82. The number of carbonyl (C=O) groups excluding carboxylic acids is 3. The van der Waals surface area contributed by atoms with E-state index >= 15 is 0 Å². The van der Waals surface area contributed by atoms with Crippen molar-refractivity contribution in [3.8, 4) is 0 Å². The lowest BCUT2D eigenvalue weighted by Crippen LogP contribution is -2.38. The first-order chi connectivity index (χ1) is 9.86. The minimum atomic E-state index is -0.985. The van der Waals surface area contributed by atoms with E-state index in [0.29, 0.717) is 12.6 Å². The molecule has 0 saturated heterocycles. The molecular formula is C15H26N2O4. The van der Waals surface area contributed by atoms with Crippen LogP contribution in [0.4, 0.5) is 0 Å². The molecule has 21 heavy (non-hydrogen) atoms. The van der Waals surface area contributed by atoms with Gasteiger partial charge in [-0.05, 0) is 33.7 Å². The zero-order chi connectivity index (χ0) is 16.0. The maximum Gasteiger partial charge on any atom is 0.316 e. The van der Waals surface area contributed by atoms with Gasteiger partial charge in [0.05, 0.1) is 6.61 Å². The summed E-state index contributed by atoms with van der Waals surface area (Å²) < 4.78 is 4.85. The summed E-state index contributed by atoms with van der Waals surface area (Å²) in [7, 11) is 3.75. The van der Waals surface area contributed by atoms with E-state index in [1.165, 1.54) is 19.8 Å². The lowest BCUT2D eigenvalue weighted by atomic mass is 10.0. The first-order valence-corrected chi connectivity index (χ1v) is 7.48. The number of carbonyl (C=O) groups is 3. The number of nitrogens with zero attached hydrogens (tertiary/aromatic N) is 2. The van der Waals surface area contributed by atoms with E-state index in [4.69, 9.17) is 4.74 Å². The summed E-state index contributed by atoms with van der Waals surface area (Å²) in [4.78, 5) is 39.1. The van der Waals surface area contributed by atoms with Crippen LogP contribution in [0.2, 0.25) is 0 Å². The number of hydrogen-bond acceptors (Lipinski definition) is 5. The lowest BCUT2D eigenvalue weighted by Gasteiger charge is -2.23. The molecule has 0 aromatic carbocycles. The van der Waals surface area contributed by atoms with Crippen molar-refractivity contribution in [2.75, 3.05) is 33.8 Å². The van der Waals surface area contributed by atoms with Gasteiger partial charge in [-0.1, -0.05) is 0 Å². The number of Topliss-reactive ketones (excluding diaryl/α,β-unsaturated/α-hetero) is 1. The third kappa shape index (κ3) is 5.83. The van der Waals surface area contributed by atoms with Gasteiger partial charge < -0.3 is 14.5 Å². The number of esters is 1. The van der Waals surface area contributed by atoms with Crippen LogP contribution < -0.4 is 0 Å². The van der Waals surface area contributed by atoms with Gasteiger partial charge in [0, 0.05) is 32.6 Å². The van der Waals surface area contributed by atoms with Gasteiger partial charge in [0.1, 0.15) is 11.7 Å². The van der Waals surface area contributed by atoms with E-state index in [1.54, 1.807) is 18.9 Å². The van der Waals surface area contributed by atoms with Crippen molar-refractivity contribution in [2.24, 2.45) is 5.92 Å². The Labute approximate surface area is 126 Å². The highest BCUT2D eigenvalue weighted by Gasteiger charge is 2.29. The highest BCUT2D eigenvalue weighted by Crippen LogP contribution is 2.24. The van der Waals surface area contributed by atoms with Gasteiger partial charge in [-0.15, -0.1) is 0 Å². The predicted molar refractivity (Wildman–Crippen MR) is 78.7 cm³/mol. The van der Waals surface area contributed by atoms with Crippen LogP contribution in [0.5, 0.6) is 0 Å². The first-order valence-electron chi connectivity index (χ1n) is 7.48. The third-order valence-corrected chi connectivity index (χ3v) is 3.82. The number of ether oxygens (including phenoxy) is 1. The van der Waals surface area contributed by atoms with E-state index in [9.17, 15) is 14.4 Å². The molecule has 6 heteroatoms. The molecule has 0 radical (unpaired) electrons. The Bertz CT molecular complexity index is 393. The number of amides is 1. The van der Waals surface area contributed by atoms with Crippen LogP contribution >= 0.6 is 0 Å². The molecule has 1 fully saturated rings. The minimum Gasteiger partial charge on any atom is -0.465 e. The molecule has 0 N–H and O–H groups in total. The van der Waals surface area contributed by atoms with E-state index in [2.05, 4.69) is 4.90 Å². The molecule has 120 valence electrons. The van der Waals surface area contributed by atoms with Crippen molar-refractivity contribution in [3.05, 3.63) is 0 Å². The van der Waals surface area contributed by atoms with Gasteiger partial charge in [0.25, 0.3) is 0 Å². The Hall–Kier alpha value is -1.43. The molecule has 0 bridgehead atoms. The zero-order valence-electron chi connectivity index (χ0n) is 13.4. The maximum atomic E-state index is 12.1. The van der Waals surface area contributed by atoms with Gasteiger partial charge >= 0.3 is 5.97 Å². The molecule has 0 aliphatic heterocycles. The fraction of sp³-hybridized carbons (Fsp3) is 0.800. The van der Waals surface area contributed by atoms with Gasteiger partial charge in [-0.2, -0.15) is 0 Å². The molecule has 0 unspecified atom stereocenters. The second-order valence-corrected chi connectivity index (χ2v) is 5.65. The molecule has 1 amide bonds. The summed E-state index contributed by atoms with van der Waals surface area (Å²) in [5.41, 5.74) is 0. The topological polar surface area (TPSA) is 66.9 Å². The van der Waals surface area contributed by atoms with Crippen LogP contribution in [0.25, 0.3) is 0 Å². The standard InChI is InChI=1S/C15H26N2O4/c1-5-21-15(20)13(11(2)18)10-14(19)17(4)9-8-16(3)12-6-7-12/h12-13H,5-10H2,1-4H3/t13-/m1/s1. The second kappa shape index (κ2) is 8.12.